The molecule has 2 heteroatoms. The summed E-state index contributed by atoms with van der Waals surface area (Å²) in [6, 6.07) is 0.326. The van der Waals surface area contributed by atoms with Crippen molar-refractivity contribution >= 4 is 0 Å². The lowest BCUT2D eigenvalue weighted by molar-refractivity contribution is 0.115. The molecule has 0 aliphatic rings. The standard InChI is InChI=1S/C10H23NO/c1-3-5-6-7-9-10(11-12)8-4-2/h10-12H,3-9H2,1-2H3. The highest BCUT2D eigenvalue weighted by molar-refractivity contribution is 4.60. The molecule has 1 unspecified atom stereocenters. The van der Waals surface area contributed by atoms with E-state index in [0.29, 0.717) is 6.04 Å². The van der Waals surface area contributed by atoms with Crippen molar-refractivity contribution in [3.63, 3.8) is 0 Å². The summed E-state index contributed by atoms with van der Waals surface area (Å²) in [5.74, 6) is 0. The van der Waals surface area contributed by atoms with E-state index in [1.165, 1.54) is 25.7 Å². The summed E-state index contributed by atoms with van der Waals surface area (Å²) in [5.41, 5.74) is 2.38. The highest BCUT2D eigenvalue weighted by atomic mass is 16.5. The second-order valence-corrected chi connectivity index (χ2v) is 3.46. The molecule has 2 N–H and O–H groups in total. The van der Waals surface area contributed by atoms with Gasteiger partial charge in [0.05, 0.1) is 0 Å². The van der Waals surface area contributed by atoms with Crippen LogP contribution in [0.2, 0.25) is 0 Å². The number of rotatable bonds is 8. The zero-order valence-electron chi connectivity index (χ0n) is 8.47. The normalized spacial score (nSPS) is 13.2. The summed E-state index contributed by atoms with van der Waals surface area (Å²) < 4.78 is 0. The number of hydroxylamine groups is 1. The van der Waals surface area contributed by atoms with Gasteiger partial charge in [0, 0.05) is 6.04 Å². The molecule has 12 heavy (non-hydrogen) atoms. The Hall–Kier alpha value is -0.0800. The highest BCUT2D eigenvalue weighted by Gasteiger charge is 2.04. The molecule has 0 saturated carbocycles. The minimum Gasteiger partial charge on any atom is -0.317 e. The topological polar surface area (TPSA) is 32.3 Å². The molecule has 0 bridgehead atoms. The fourth-order valence-electron chi connectivity index (χ4n) is 1.44. The van der Waals surface area contributed by atoms with Crippen molar-refractivity contribution in [1.29, 1.82) is 0 Å². The van der Waals surface area contributed by atoms with Gasteiger partial charge in [-0.2, -0.15) is 0 Å². The second-order valence-electron chi connectivity index (χ2n) is 3.46. The number of nitrogens with one attached hydrogen (secondary N) is 1. The maximum atomic E-state index is 8.76. The third kappa shape index (κ3) is 6.62. The van der Waals surface area contributed by atoms with Crippen molar-refractivity contribution in [2.45, 2.75) is 64.8 Å². The van der Waals surface area contributed by atoms with Gasteiger partial charge in [-0.15, -0.1) is 0 Å². The number of hydrogen-bond donors (Lipinski definition) is 2. The smallest absolute Gasteiger partial charge is 0.0319 e. The first-order valence-corrected chi connectivity index (χ1v) is 5.24. The third-order valence-corrected chi connectivity index (χ3v) is 2.23. The zero-order chi connectivity index (χ0) is 9.23. The molecule has 0 rings (SSSR count). The van der Waals surface area contributed by atoms with Gasteiger partial charge in [0.25, 0.3) is 0 Å². The van der Waals surface area contributed by atoms with E-state index < -0.39 is 0 Å². The van der Waals surface area contributed by atoms with Crippen LogP contribution in [0.4, 0.5) is 0 Å². The second kappa shape index (κ2) is 9.01. The first-order chi connectivity index (χ1) is 5.85. The van der Waals surface area contributed by atoms with E-state index >= 15 is 0 Å². The maximum absolute atomic E-state index is 8.76. The van der Waals surface area contributed by atoms with Gasteiger partial charge < -0.3 is 5.21 Å². The Morgan fingerprint density at radius 3 is 2.25 bits per heavy atom. The summed E-state index contributed by atoms with van der Waals surface area (Å²) in [6.07, 6.45) is 8.50. The van der Waals surface area contributed by atoms with Crippen LogP contribution in [0.1, 0.15) is 58.8 Å². The fraction of sp³-hybridized carbons (Fsp3) is 1.00. The van der Waals surface area contributed by atoms with Crippen LogP contribution in [0, 0.1) is 0 Å². The van der Waals surface area contributed by atoms with Gasteiger partial charge in [0.2, 0.25) is 0 Å². The molecule has 0 aliphatic carbocycles. The third-order valence-electron chi connectivity index (χ3n) is 2.23. The van der Waals surface area contributed by atoms with Crippen LogP contribution in [0.25, 0.3) is 0 Å². The Labute approximate surface area is 76.3 Å². The minimum atomic E-state index is 0.326. The largest absolute Gasteiger partial charge is 0.317 e. The molecular formula is C10H23NO. The lowest BCUT2D eigenvalue weighted by Crippen LogP contribution is -2.25. The van der Waals surface area contributed by atoms with Crippen molar-refractivity contribution in [1.82, 2.24) is 5.48 Å². The summed E-state index contributed by atoms with van der Waals surface area (Å²) in [6.45, 7) is 4.37. The minimum absolute atomic E-state index is 0.326. The van der Waals surface area contributed by atoms with E-state index in [1.807, 2.05) is 0 Å². The van der Waals surface area contributed by atoms with Crippen LogP contribution in [0.5, 0.6) is 0 Å². The number of hydrogen-bond acceptors (Lipinski definition) is 2. The molecule has 1 atom stereocenters. The molecule has 0 spiro atoms. The average molecular weight is 173 g/mol. The molecule has 2 nitrogen and oxygen atoms in total. The molecule has 0 saturated heterocycles. The molecule has 0 radical (unpaired) electrons. The van der Waals surface area contributed by atoms with E-state index in [9.17, 15) is 0 Å². The summed E-state index contributed by atoms with van der Waals surface area (Å²) in [4.78, 5) is 0. The zero-order valence-corrected chi connectivity index (χ0v) is 8.47. The Balaban J connectivity index is 3.19. The van der Waals surface area contributed by atoms with E-state index in [-0.39, 0.29) is 0 Å². The van der Waals surface area contributed by atoms with E-state index in [1.54, 1.807) is 0 Å². The van der Waals surface area contributed by atoms with Gasteiger partial charge in [-0.25, -0.2) is 5.48 Å². The Morgan fingerprint density at radius 2 is 1.75 bits per heavy atom. The van der Waals surface area contributed by atoms with Gasteiger partial charge in [0.1, 0.15) is 0 Å². The van der Waals surface area contributed by atoms with Gasteiger partial charge in [-0.3, -0.25) is 0 Å². The van der Waals surface area contributed by atoms with Crippen molar-refractivity contribution in [2.75, 3.05) is 0 Å². The first kappa shape index (κ1) is 11.9. The predicted octanol–water partition coefficient (Wildman–Crippen LogP) is 3.10. The molecule has 0 aromatic heterocycles. The molecular weight excluding hydrogens is 150 g/mol. The van der Waals surface area contributed by atoms with Crippen molar-refractivity contribution < 1.29 is 5.21 Å². The van der Waals surface area contributed by atoms with Crippen LogP contribution >= 0.6 is 0 Å². The Bertz CT molecular complexity index is 85.9. The number of unbranched alkanes of at least 4 members (excludes halogenated alkanes) is 3. The quantitative estimate of drug-likeness (QED) is 0.436. The molecule has 0 aromatic carbocycles. The first-order valence-electron chi connectivity index (χ1n) is 5.24. The highest BCUT2D eigenvalue weighted by Crippen LogP contribution is 2.08. The SMILES string of the molecule is CCCCCCC(CCC)NO. The van der Waals surface area contributed by atoms with Crippen molar-refractivity contribution in [3.8, 4) is 0 Å². The van der Waals surface area contributed by atoms with Crippen molar-refractivity contribution in [3.05, 3.63) is 0 Å². The summed E-state index contributed by atoms with van der Waals surface area (Å²) in [7, 11) is 0. The van der Waals surface area contributed by atoms with Crippen LogP contribution in [0.15, 0.2) is 0 Å². The maximum Gasteiger partial charge on any atom is 0.0319 e. The Morgan fingerprint density at radius 1 is 1.00 bits per heavy atom. The van der Waals surface area contributed by atoms with Crippen molar-refractivity contribution in [2.24, 2.45) is 0 Å². The summed E-state index contributed by atoms with van der Waals surface area (Å²) >= 11 is 0. The monoisotopic (exact) mass is 173 g/mol. The molecule has 0 aliphatic heterocycles. The van der Waals surface area contributed by atoms with Crippen LogP contribution < -0.4 is 5.48 Å². The van der Waals surface area contributed by atoms with Crippen LogP contribution in [-0.2, 0) is 0 Å². The average Bonchev–Trinajstić information content (AvgIpc) is 2.10. The predicted molar refractivity (Wildman–Crippen MR) is 52.4 cm³/mol. The van der Waals surface area contributed by atoms with Gasteiger partial charge in [0.15, 0.2) is 0 Å². The summed E-state index contributed by atoms with van der Waals surface area (Å²) in [5, 5.41) is 8.76. The molecule has 0 aromatic rings. The van der Waals surface area contributed by atoms with Gasteiger partial charge in [-0.1, -0.05) is 46.0 Å². The lowest BCUT2D eigenvalue weighted by atomic mass is 10.0. The van der Waals surface area contributed by atoms with Crippen LogP contribution in [-0.4, -0.2) is 11.2 Å². The Kier molecular flexibility index (Phi) is 8.95. The molecule has 74 valence electrons. The lowest BCUT2D eigenvalue weighted by Gasteiger charge is -2.12. The van der Waals surface area contributed by atoms with Gasteiger partial charge >= 0.3 is 0 Å². The van der Waals surface area contributed by atoms with E-state index in [4.69, 9.17) is 5.21 Å². The van der Waals surface area contributed by atoms with E-state index in [2.05, 4.69) is 19.3 Å². The van der Waals surface area contributed by atoms with E-state index in [0.717, 1.165) is 19.3 Å². The fourth-order valence-corrected chi connectivity index (χ4v) is 1.44. The molecule has 0 heterocycles. The van der Waals surface area contributed by atoms with Gasteiger partial charge in [-0.05, 0) is 12.8 Å². The molecule has 0 fully saturated rings. The molecule has 0 amide bonds. The van der Waals surface area contributed by atoms with Crippen LogP contribution in [0.3, 0.4) is 0 Å².